The Morgan fingerprint density at radius 3 is 2.67 bits per heavy atom. The number of fused-ring (bicyclic) bond motifs is 1. The van der Waals surface area contributed by atoms with E-state index in [1.807, 2.05) is 35.3 Å². The number of rotatable bonds is 10. The average molecular weight is 510 g/mol. The van der Waals surface area contributed by atoms with Crippen LogP contribution in [0.25, 0.3) is 22.3 Å². The third-order valence-electron chi connectivity index (χ3n) is 6.63. The molecule has 3 aromatic rings. The molecule has 10 nitrogen and oxygen atoms in total. The van der Waals surface area contributed by atoms with E-state index in [1.54, 1.807) is 6.33 Å². The highest BCUT2D eigenvalue weighted by molar-refractivity contribution is 6.76. The standard InChI is InChI=1S/C25H35N7O3Si/c1-36(2,3)15-14-35-19-32-9-6-22-23(27-18-28-24(22)32)20-5-8-31(16-20)21(4-7-26)17-29-10-12-30(13-11-29)25(33)34/h5-6,8-9,16,18,21H,4,10-15,17,19H2,1-3H3,(H,33,34). The molecule has 0 bridgehead atoms. The highest BCUT2D eigenvalue weighted by Gasteiger charge is 2.23. The van der Waals surface area contributed by atoms with Gasteiger partial charge in [-0.15, -0.1) is 0 Å². The third-order valence-corrected chi connectivity index (χ3v) is 8.34. The van der Waals surface area contributed by atoms with Crippen LogP contribution in [-0.2, 0) is 11.5 Å². The first-order chi connectivity index (χ1) is 17.2. The lowest BCUT2D eigenvalue weighted by atomic mass is 10.1. The van der Waals surface area contributed by atoms with Crippen LogP contribution in [0.2, 0.25) is 25.7 Å². The summed E-state index contributed by atoms with van der Waals surface area (Å²) in [6, 6.07) is 7.45. The molecule has 192 valence electrons. The lowest BCUT2D eigenvalue weighted by molar-refractivity contribution is 0.0899. The van der Waals surface area contributed by atoms with Gasteiger partial charge in [-0.3, -0.25) is 4.90 Å². The van der Waals surface area contributed by atoms with Crippen LogP contribution < -0.4 is 0 Å². The Morgan fingerprint density at radius 1 is 1.19 bits per heavy atom. The largest absolute Gasteiger partial charge is 0.465 e. The van der Waals surface area contributed by atoms with E-state index >= 15 is 0 Å². The van der Waals surface area contributed by atoms with Crippen molar-refractivity contribution in [1.29, 1.82) is 5.26 Å². The number of ether oxygens (including phenoxy) is 1. The summed E-state index contributed by atoms with van der Waals surface area (Å²) in [6.45, 7) is 11.2. The number of amides is 1. The van der Waals surface area contributed by atoms with Crippen LogP contribution in [0, 0.1) is 11.3 Å². The van der Waals surface area contributed by atoms with Gasteiger partial charge in [-0.25, -0.2) is 14.8 Å². The number of hydrogen-bond donors (Lipinski definition) is 1. The molecule has 3 aromatic heterocycles. The summed E-state index contributed by atoms with van der Waals surface area (Å²) in [4.78, 5) is 23.9. The summed E-state index contributed by atoms with van der Waals surface area (Å²) in [5.41, 5.74) is 2.66. The molecular formula is C25H35N7O3Si. The Hall–Kier alpha value is -3.20. The molecule has 0 spiro atoms. The van der Waals surface area contributed by atoms with Gasteiger partial charge in [0.05, 0.1) is 24.2 Å². The van der Waals surface area contributed by atoms with Crippen LogP contribution in [0.15, 0.2) is 37.1 Å². The Balaban J connectivity index is 1.46. The number of nitrogens with zero attached hydrogens (tertiary/aromatic N) is 7. The predicted molar refractivity (Wildman–Crippen MR) is 140 cm³/mol. The summed E-state index contributed by atoms with van der Waals surface area (Å²) >= 11 is 0. The fourth-order valence-electron chi connectivity index (χ4n) is 4.45. The maximum Gasteiger partial charge on any atom is 0.407 e. The summed E-state index contributed by atoms with van der Waals surface area (Å²) < 4.78 is 10.0. The predicted octanol–water partition coefficient (Wildman–Crippen LogP) is 3.96. The van der Waals surface area contributed by atoms with Crippen molar-refractivity contribution in [2.45, 2.75) is 44.9 Å². The Labute approximate surface area is 212 Å². The average Bonchev–Trinajstić information content (AvgIpc) is 3.49. The number of aromatic nitrogens is 4. The molecule has 1 saturated heterocycles. The van der Waals surface area contributed by atoms with Crippen molar-refractivity contribution in [1.82, 2.24) is 28.9 Å². The highest BCUT2D eigenvalue weighted by Crippen LogP contribution is 2.28. The second-order valence-corrected chi connectivity index (χ2v) is 16.1. The fourth-order valence-corrected chi connectivity index (χ4v) is 5.21. The van der Waals surface area contributed by atoms with Gasteiger partial charge in [0.1, 0.15) is 18.7 Å². The van der Waals surface area contributed by atoms with Crippen molar-refractivity contribution in [3.8, 4) is 17.3 Å². The van der Waals surface area contributed by atoms with Crippen LogP contribution in [0.1, 0.15) is 12.5 Å². The lowest BCUT2D eigenvalue weighted by Gasteiger charge is -2.35. The van der Waals surface area contributed by atoms with E-state index in [2.05, 4.69) is 45.1 Å². The third kappa shape index (κ3) is 6.32. The molecule has 1 N–H and O–H groups in total. The van der Waals surface area contributed by atoms with Gasteiger partial charge in [0.25, 0.3) is 0 Å². The van der Waals surface area contributed by atoms with Gasteiger partial charge in [0, 0.05) is 76.9 Å². The summed E-state index contributed by atoms with van der Waals surface area (Å²) in [7, 11) is -1.13. The minimum absolute atomic E-state index is 0.0261. The quantitative estimate of drug-likeness (QED) is 0.325. The SMILES string of the molecule is C[Si](C)(C)CCOCn1ccc2c(-c3ccn(C(CC#N)CN4CCN(C(=O)O)CC4)c3)ncnc21. The molecule has 36 heavy (non-hydrogen) atoms. The molecule has 1 unspecified atom stereocenters. The zero-order valence-corrected chi connectivity index (χ0v) is 22.3. The molecule has 1 aliphatic rings. The Morgan fingerprint density at radius 2 is 1.97 bits per heavy atom. The van der Waals surface area contributed by atoms with Gasteiger partial charge in [0.15, 0.2) is 0 Å². The molecule has 11 heteroatoms. The molecule has 0 radical (unpaired) electrons. The summed E-state index contributed by atoms with van der Waals surface area (Å²) in [6.07, 6.45) is 7.11. The molecule has 0 aliphatic carbocycles. The van der Waals surface area contributed by atoms with E-state index in [0.717, 1.165) is 34.9 Å². The van der Waals surface area contributed by atoms with E-state index in [4.69, 9.17) is 4.74 Å². The number of carbonyl (C=O) groups is 1. The maximum atomic E-state index is 11.2. The molecule has 0 saturated carbocycles. The van der Waals surface area contributed by atoms with E-state index in [-0.39, 0.29) is 6.04 Å². The molecule has 1 fully saturated rings. The minimum atomic E-state index is -1.13. The van der Waals surface area contributed by atoms with Gasteiger partial charge >= 0.3 is 6.09 Å². The smallest absolute Gasteiger partial charge is 0.407 e. The minimum Gasteiger partial charge on any atom is -0.465 e. The van der Waals surface area contributed by atoms with E-state index in [1.165, 1.54) is 4.90 Å². The van der Waals surface area contributed by atoms with Crippen molar-refractivity contribution >= 4 is 25.2 Å². The molecule has 4 rings (SSSR count). The van der Waals surface area contributed by atoms with E-state index in [9.17, 15) is 15.2 Å². The lowest BCUT2D eigenvalue weighted by Crippen LogP contribution is -2.49. The van der Waals surface area contributed by atoms with Gasteiger partial charge in [-0.2, -0.15) is 5.26 Å². The van der Waals surface area contributed by atoms with Crippen molar-refractivity contribution in [2.75, 3.05) is 39.3 Å². The normalized spacial score (nSPS) is 15.8. The van der Waals surface area contributed by atoms with Crippen molar-refractivity contribution in [3.05, 3.63) is 37.1 Å². The van der Waals surface area contributed by atoms with Crippen LogP contribution in [0.5, 0.6) is 0 Å². The fraction of sp³-hybridized carbons (Fsp3) is 0.520. The number of nitriles is 1. The van der Waals surface area contributed by atoms with Gasteiger partial charge < -0.3 is 23.9 Å². The summed E-state index contributed by atoms with van der Waals surface area (Å²) in [5, 5.41) is 19.6. The van der Waals surface area contributed by atoms with Crippen LogP contribution in [0.4, 0.5) is 4.79 Å². The topological polar surface area (TPSA) is 112 Å². The van der Waals surface area contributed by atoms with Crippen LogP contribution >= 0.6 is 0 Å². The Kier molecular flexibility index (Phi) is 8.08. The number of carboxylic acid groups (broad SMARTS) is 1. The molecular weight excluding hydrogens is 474 g/mol. The monoisotopic (exact) mass is 509 g/mol. The van der Waals surface area contributed by atoms with E-state index in [0.29, 0.717) is 45.9 Å². The van der Waals surface area contributed by atoms with E-state index < -0.39 is 14.2 Å². The number of hydrogen-bond acceptors (Lipinski definition) is 6. The molecule has 1 amide bonds. The Bertz CT molecular complexity index is 1220. The molecule has 1 atom stereocenters. The first-order valence-electron chi connectivity index (χ1n) is 12.4. The van der Waals surface area contributed by atoms with Gasteiger partial charge in [-0.05, 0) is 18.2 Å². The molecule has 4 heterocycles. The van der Waals surface area contributed by atoms with Gasteiger partial charge in [0.2, 0.25) is 0 Å². The second kappa shape index (κ2) is 11.2. The molecule has 0 aromatic carbocycles. The van der Waals surface area contributed by atoms with Crippen molar-refractivity contribution in [2.24, 2.45) is 0 Å². The highest BCUT2D eigenvalue weighted by atomic mass is 28.3. The van der Waals surface area contributed by atoms with Crippen LogP contribution in [-0.4, -0.2) is 87.5 Å². The van der Waals surface area contributed by atoms with Crippen molar-refractivity contribution in [3.63, 3.8) is 0 Å². The van der Waals surface area contributed by atoms with Crippen molar-refractivity contribution < 1.29 is 14.6 Å². The van der Waals surface area contributed by atoms with Crippen LogP contribution in [0.3, 0.4) is 0 Å². The second-order valence-electron chi connectivity index (χ2n) is 10.5. The molecule has 1 aliphatic heterocycles. The first-order valence-corrected chi connectivity index (χ1v) is 16.1. The summed E-state index contributed by atoms with van der Waals surface area (Å²) in [5.74, 6) is 0. The first kappa shape index (κ1) is 25.9. The number of piperazine rings is 1. The maximum absolute atomic E-state index is 11.2. The zero-order valence-electron chi connectivity index (χ0n) is 21.3. The zero-order chi connectivity index (χ0) is 25.7. The van der Waals surface area contributed by atoms with Gasteiger partial charge in [-0.1, -0.05) is 19.6 Å².